The Kier molecular flexibility index (Phi) is 7.63. The lowest BCUT2D eigenvalue weighted by Crippen LogP contribution is -2.34. The molecule has 2 atom stereocenters. The Morgan fingerprint density at radius 1 is 0.974 bits per heavy atom. The van der Waals surface area contributed by atoms with E-state index >= 15 is 0 Å². The van der Waals surface area contributed by atoms with E-state index in [0.29, 0.717) is 43.1 Å². The zero-order chi connectivity index (χ0) is 25.9. The highest BCUT2D eigenvalue weighted by molar-refractivity contribution is 5.95. The van der Waals surface area contributed by atoms with Crippen molar-refractivity contribution in [1.29, 1.82) is 0 Å². The number of carbonyl (C=O) groups is 2. The second kappa shape index (κ2) is 11.4. The van der Waals surface area contributed by atoms with Gasteiger partial charge in [0.2, 0.25) is 5.91 Å². The van der Waals surface area contributed by atoms with E-state index in [9.17, 15) is 9.59 Å². The number of nitrogens with one attached hydrogen (secondary N) is 1. The van der Waals surface area contributed by atoms with E-state index in [1.807, 2.05) is 15.9 Å². The molecule has 9 nitrogen and oxygen atoms in total. The smallest absolute Gasteiger partial charge is 0.253 e. The number of fused-ring (bicyclic) bond motifs is 1. The Morgan fingerprint density at radius 2 is 1.74 bits per heavy atom. The SMILES string of the molecule is O=C(CCc1cn[nH]n1)N1CC2CCN(C(=O)c3cc(OCC4CCOCC4)cc(C4CC4)c3)CC[C@H]2C1. The maximum absolute atomic E-state index is 13.7. The fourth-order valence-electron chi connectivity index (χ4n) is 6.28. The van der Waals surface area contributed by atoms with Crippen molar-refractivity contribution in [1.82, 2.24) is 25.2 Å². The first kappa shape index (κ1) is 25.3. The van der Waals surface area contributed by atoms with Gasteiger partial charge in [-0.05, 0) is 86.0 Å². The molecule has 1 aromatic heterocycles. The summed E-state index contributed by atoms with van der Waals surface area (Å²) in [6, 6.07) is 6.20. The first-order valence-corrected chi connectivity index (χ1v) is 14.4. The van der Waals surface area contributed by atoms with E-state index in [2.05, 4.69) is 27.5 Å². The number of aryl methyl sites for hydroxylation is 1. The summed E-state index contributed by atoms with van der Waals surface area (Å²) in [7, 11) is 0. The average Bonchev–Trinajstić information content (AvgIpc) is 3.59. The van der Waals surface area contributed by atoms with Gasteiger partial charge in [-0.2, -0.15) is 15.4 Å². The molecule has 4 aliphatic rings. The molecule has 1 unspecified atom stereocenters. The molecule has 1 saturated carbocycles. The first-order chi connectivity index (χ1) is 18.6. The van der Waals surface area contributed by atoms with Crippen molar-refractivity contribution < 1.29 is 19.1 Å². The molecule has 4 fully saturated rings. The lowest BCUT2D eigenvalue weighted by molar-refractivity contribution is -0.130. The standard InChI is InChI=1S/C29H39N5O4/c35-28(4-3-26-16-30-32-31-26)34-17-22-5-9-33(10-6-23(22)18-34)29(36)25-13-24(21-1-2-21)14-27(15-25)38-19-20-7-11-37-12-8-20/h13-16,20-23H,1-12,17-19H2,(H,30,31,32)/t22-,23?/m0/s1. The minimum atomic E-state index is 0.115. The number of aromatic nitrogens is 3. The van der Waals surface area contributed by atoms with Crippen molar-refractivity contribution in [3.63, 3.8) is 0 Å². The van der Waals surface area contributed by atoms with E-state index in [1.54, 1.807) is 6.20 Å². The van der Waals surface area contributed by atoms with Crippen LogP contribution in [0.15, 0.2) is 24.4 Å². The van der Waals surface area contributed by atoms with Gasteiger partial charge in [0.1, 0.15) is 5.75 Å². The van der Waals surface area contributed by atoms with Crippen LogP contribution in [0, 0.1) is 17.8 Å². The molecule has 6 rings (SSSR count). The van der Waals surface area contributed by atoms with Gasteiger partial charge in [0.25, 0.3) is 5.91 Å². The van der Waals surface area contributed by atoms with Gasteiger partial charge in [-0.3, -0.25) is 9.59 Å². The number of benzene rings is 1. The number of amides is 2. The number of H-pyrrole nitrogens is 1. The number of aromatic amines is 1. The largest absolute Gasteiger partial charge is 0.493 e. The number of rotatable bonds is 8. The van der Waals surface area contributed by atoms with Gasteiger partial charge in [0, 0.05) is 57.8 Å². The highest BCUT2D eigenvalue weighted by Gasteiger charge is 2.37. The summed E-state index contributed by atoms with van der Waals surface area (Å²) >= 11 is 0. The van der Waals surface area contributed by atoms with E-state index in [-0.39, 0.29) is 11.8 Å². The predicted molar refractivity (Wildman–Crippen MR) is 141 cm³/mol. The fourth-order valence-corrected chi connectivity index (χ4v) is 6.28. The van der Waals surface area contributed by atoms with Crippen molar-refractivity contribution in [2.75, 3.05) is 46.0 Å². The molecule has 9 heteroatoms. The number of hydrogen-bond acceptors (Lipinski definition) is 6. The normalized spacial score (nSPS) is 24.2. The summed E-state index contributed by atoms with van der Waals surface area (Å²) in [6.45, 7) is 5.39. The molecule has 3 aliphatic heterocycles. The molecule has 4 heterocycles. The summed E-state index contributed by atoms with van der Waals surface area (Å²) < 4.78 is 11.7. The Morgan fingerprint density at radius 3 is 2.42 bits per heavy atom. The van der Waals surface area contributed by atoms with E-state index < -0.39 is 0 Å². The van der Waals surface area contributed by atoms with Gasteiger partial charge in [-0.1, -0.05) is 0 Å². The highest BCUT2D eigenvalue weighted by Crippen LogP contribution is 2.42. The van der Waals surface area contributed by atoms with Crippen LogP contribution in [0.2, 0.25) is 0 Å². The summed E-state index contributed by atoms with van der Waals surface area (Å²) in [5.74, 6) is 3.13. The zero-order valence-corrected chi connectivity index (χ0v) is 22.1. The highest BCUT2D eigenvalue weighted by atomic mass is 16.5. The van der Waals surface area contributed by atoms with Crippen LogP contribution >= 0.6 is 0 Å². The predicted octanol–water partition coefficient (Wildman–Crippen LogP) is 3.43. The minimum Gasteiger partial charge on any atom is -0.493 e. The van der Waals surface area contributed by atoms with Crippen LogP contribution in [0.1, 0.15) is 72.5 Å². The second-order valence-electron chi connectivity index (χ2n) is 11.6. The number of likely N-dealkylation sites (tertiary alicyclic amines) is 2. The molecule has 3 saturated heterocycles. The molecule has 0 bridgehead atoms. The molecular weight excluding hydrogens is 482 g/mol. The maximum Gasteiger partial charge on any atom is 0.253 e. The summed E-state index contributed by atoms with van der Waals surface area (Å²) in [6.07, 6.45) is 9.10. The third-order valence-electron chi connectivity index (χ3n) is 8.87. The van der Waals surface area contributed by atoms with Crippen molar-refractivity contribution in [2.45, 2.75) is 57.3 Å². The molecule has 1 aromatic carbocycles. The van der Waals surface area contributed by atoms with Gasteiger partial charge in [-0.25, -0.2) is 0 Å². The lowest BCUT2D eigenvalue weighted by atomic mass is 9.92. The summed E-state index contributed by atoms with van der Waals surface area (Å²) in [5.41, 5.74) is 2.82. The maximum atomic E-state index is 13.7. The van der Waals surface area contributed by atoms with Gasteiger partial charge in [0.15, 0.2) is 0 Å². The lowest BCUT2D eigenvalue weighted by Gasteiger charge is -2.24. The van der Waals surface area contributed by atoms with Crippen LogP contribution < -0.4 is 4.74 Å². The Bertz CT molecular complexity index is 1100. The molecule has 2 aromatic rings. The number of nitrogens with zero attached hydrogens (tertiary/aromatic N) is 4. The number of ether oxygens (including phenoxy) is 2. The van der Waals surface area contributed by atoms with Crippen molar-refractivity contribution >= 4 is 11.8 Å². The van der Waals surface area contributed by atoms with Crippen LogP contribution in [-0.2, 0) is 16.0 Å². The van der Waals surface area contributed by atoms with E-state index in [1.165, 1.54) is 18.4 Å². The third kappa shape index (κ3) is 6.03. The van der Waals surface area contributed by atoms with E-state index in [4.69, 9.17) is 9.47 Å². The van der Waals surface area contributed by atoms with Gasteiger partial charge in [0.05, 0.1) is 18.5 Å². The van der Waals surface area contributed by atoms with Crippen LogP contribution in [0.3, 0.4) is 0 Å². The minimum absolute atomic E-state index is 0.115. The third-order valence-corrected chi connectivity index (χ3v) is 8.87. The Balaban J connectivity index is 1.05. The van der Waals surface area contributed by atoms with Crippen LogP contribution in [0.25, 0.3) is 0 Å². The molecule has 0 spiro atoms. The molecule has 204 valence electrons. The monoisotopic (exact) mass is 521 g/mol. The van der Waals surface area contributed by atoms with Gasteiger partial charge >= 0.3 is 0 Å². The van der Waals surface area contributed by atoms with E-state index in [0.717, 1.165) is 82.1 Å². The van der Waals surface area contributed by atoms with Crippen LogP contribution in [0.4, 0.5) is 0 Å². The molecule has 1 N–H and O–H groups in total. The molecule has 38 heavy (non-hydrogen) atoms. The Labute approximate surface area is 224 Å². The van der Waals surface area contributed by atoms with Crippen molar-refractivity contribution in [2.24, 2.45) is 17.8 Å². The number of hydrogen-bond donors (Lipinski definition) is 1. The van der Waals surface area contributed by atoms with Gasteiger partial charge < -0.3 is 19.3 Å². The first-order valence-electron chi connectivity index (χ1n) is 14.4. The summed E-state index contributed by atoms with van der Waals surface area (Å²) in [4.78, 5) is 30.5. The zero-order valence-electron chi connectivity index (χ0n) is 22.1. The molecule has 2 amide bonds. The quantitative estimate of drug-likeness (QED) is 0.571. The Hall–Kier alpha value is -2.94. The fraction of sp³-hybridized carbons (Fsp3) is 0.655. The topological polar surface area (TPSA) is 101 Å². The summed E-state index contributed by atoms with van der Waals surface area (Å²) in [5, 5.41) is 10.5. The van der Waals surface area contributed by atoms with Gasteiger partial charge in [-0.15, -0.1) is 0 Å². The van der Waals surface area contributed by atoms with Crippen molar-refractivity contribution in [3.05, 3.63) is 41.2 Å². The van der Waals surface area contributed by atoms with Crippen LogP contribution in [-0.4, -0.2) is 83.0 Å². The molecule has 0 radical (unpaired) electrons. The molecule has 1 aliphatic carbocycles. The molecular formula is C29H39N5O4. The average molecular weight is 522 g/mol. The van der Waals surface area contributed by atoms with Crippen molar-refractivity contribution in [3.8, 4) is 5.75 Å². The second-order valence-corrected chi connectivity index (χ2v) is 11.6. The number of carbonyl (C=O) groups excluding carboxylic acids is 2. The van der Waals surface area contributed by atoms with Crippen LogP contribution in [0.5, 0.6) is 5.75 Å².